The van der Waals surface area contributed by atoms with Crippen molar-refractivity contribution < 1.29 is 14.3 Å². The largest absolute Gasteiger partial charge is 0.459 e. The number of esters is 1. The number of carbonyl (C=O) groups excluding carboxylic acids is 2. The molecular formula is C21H29NO3. The normalized spacial score (nSPS) is 21.3. The van der Waals surface area contributed by atoms with Crippen LogP contribution in [0.5, 0.6) is 0 Å². The summed E-state index contributed by atoms with van der Waals surface area (Å²) in [5.74, 6) is 0.570. The predicted molar refractivity (Wildman–Crippen MR) is 96.8 cm³/mol. The molecule has 3 rings (SSSR count). The number of rotatable bonds is 6. The Morgan fingerprint density at radius 2 is 1.76 bits per heavy atom. The molecule has 1 saturated carbocycles. The lowest BCUT2D eigenvalue weighted by molar-refractivity contribution is -0.154. The van der Waals surface area contributed by atoms with Gasteiger partial charge in [0.15, 0.2) is 0 Å². The van der Waals surface area contributed by atoms with Crippen molar-refractivity contribution in [3.8, 4) is 0 Å². The first-order chi connectivity index (χ1) is 12.2. The molecule has 1 amide bonds. The van der Waals surface area contributed by atoms with Crippen molar-refractivity contribution in [2.75, 3.05) is 6.54 Å². The van der Waals surface area contributed by atoms with Crippen molar-refractivity contribution in [2.45, 2.75) is 70.4 Å². The highest BCUT2D eigenvalue weighted by Crippen LogP contribution is 2.28. The standard InChI is InChI=1S/C21H29NO3/c23-20(14-13-17-8-3-1-4-9-17)22-15-7-12-19(22)21(24)25-16-18-10-5-2-6-11-18/h2,5-6,10-11,17,19H,1,3-4,7-9,12-16H2/t19-/m0/s1. The number of carbonyl (C=O) groups is 2. The molecule has 0 N–H and O–H groups in total. The topological polar surface area (TPSA) is 46.6 Å². The van der Waals surface area contributed by atoms with Crippen LogP contribution in [0.2, 0.25) is 0 Å². The maximum Gasteiger partial charge on any atom is 0.329 e. The van der Waals surface area contributed by atoms with E-state index in [-0.39, 0.29) is 24.5 Å². The van der Waals surface area contributed by atoms with Gasteiger partial charge in [-0.2, -0.15) is 0 Å². The smallest absolute Gasteiger partial charge is 0.329 e. The number of amides is 1. The average Bonchev–Trinajstić information content (AvgIpc) is 3.16. The van der Waals surface area contributed by atoms with Crippen molar-refractivity contribution >= 4 is 11.9 Å². The van der Waals surface area contributed by atoms with Gasteiger partial charge in [0.25, 0.3) is 0 Å². The molecule has 1 atom stereocenters. The molecule has 1 saturated heterocycles. The van der Waals surface area contributed by atoms with Crippen LogP contribution in [0.3, 0.4) is 0 Å². The first-order valence-electron chi connectivity index (χ1n) is 9.74. The minimum Gasteiger partial charge on any atom is -0.459 e. The zero-order valence-electron chi connectivity index (χ0n) is 15.0. The predicted octanol–water partition coefficient (Wildman–Crippen LogP) is 4.08. The van der Waals surface area contributed by atoms with E-state index >= 15 is 0 Å². The summed E-state index contributed by atoms with van der Waals surface area (Å²) in [6.07, 6.45) is 9.63. The number of hydrogen-bond donors (Lipinski definition) is 0. The Morgan fingerprint density at radius 3 is 2.52 bits per heavy atom. The van der Waals surface area contributed by atoms with Crippen LogP contribution in [0.1, 0.15) is 63.4 Å². The summed E-state index contributed by atoms with van der Waals surface area (Å²) in [6, 6.07) is 9.29. The molecule has 2 fully saturated rings. The first kappa shape index (κ1) is 18.0. The van der Waals surface area contributed by atoms with E-state index in [2.05, 4.69) is 0 Å². The molecule has 136 valence electrons. The molecule has 0 radical (unpaired) electrons. The number of ether oxygens (including phenoxy) is 1. The Kier molecular flexibility index (Phi) is 6.48. The van der Waals surface area contributed by atoms with Crippen molar-refractivity contribution in [1.82, 2.24) is 4.90 Å². The fourth-order valence-corrected chi connectivity index (χ4v) is 4.08. The lowest BCUT2D eigenvalue weighted by Crippen LogP contribution is -2.41. The molecule has 1 aromatic rings. The quantitative estimate of drug-likeness (QED) is 0.731. The zero-order chi connectivity index (χ0) is 17.5. The molecule has 2 aliphatic rings. The molecular weight excluding hydrogens is 314 g/mol. The molecule has 1 heterocycles. The van der Waals surface area contributed by atoms with Gasteiger partial charge in [0.1, 0.15) is 12.6 Å². The molecule has 1 aromatic carbocycles. The van der Waals surface area contributed by atoms with Gasteiger partial charge >= 0.3 is 5.97 Å². The minimum atomic E-state index is -0.387. The number of hydrogen-bond acceptors (Lipinski definition) is 3. The van der Waals surface area contributed by atoms with Crippen LogP contribution in [0.15, 0.2) is 30.3 Å². The van der Waals surface area contributed by atoms with E-state index in [1.165, 1.54) is 32.1 Å². The van der Waals surface area contributed by atoms with E-state index < -0.39 is 0 Å². The Balaban J connectivity index is 1.47. The van der Waals surface area contributed by atoms with Crippen molar-refractivity contribution in [3.05, 3.63) is 35.9 Å². The van der Waals surface area contributed by atoms with Crippen LogP contribution in [0.25, 0.3) is 0 Å². The lowest BCUT2D eigenvalue weighted by atomic mass is 9.86. The van der Waals surface area contributed by atoms with Gasteiger partial charge in [0.2, 0.25) is 5.91 Å². The SMILES string of the molecule is O=C(OCc1ccccc1)[C@@H]1CCCN1C(=O)CCC1CCCCC1. The van der Waals surface area contributed by atoms with Crippen LogP contribution in [-0.4, -0.2) is 29.4 Å². The first-order valence-corrected chi connectivity index (χ1v) is 9.74. The van der Waals surface area contributed by atoms with Gasteiger partial charge in [-0.15, -0.1) is 0 Å². The van der Waals surface area contributed by atoms with Gasteiger partial charge in [-0.25, -0.2) is 4.79 Å². The Hall–Kier alpha value is -1.84. The molecule has 0 spiro atoms. The van der Waals surface area contributed by atoms with Crippen LogP contribution < -0.4 is 0 Å². The molecule has 25 heavy (non-hydrogen) atoms. The van der Waals surface area contributed by atoms with E-state index in [1.54, 1.807) is 4.90 Å². The van der Waals surface area contributed by atoms with E-state index in [0.29, 0.717) is 18.9 Å². The van der Waals surface area contributed by atoms with Crippen LogP contribution in [-0.2, 0) is 20.9 Å². The molecule has 0 aromatic heterocycles. The highest BCUT2D eigenvalue weighted by atomic mass is 16.5. The van der Waals surface area contributed by atoms with Gasteiger partial charge in [-0.3, -0.25) is 4.79 Å². The fraction of sp³-hybridized carbons (Fsp3) is 0.619. The Labute approximate surface area is 150 Å². The van der Waals surface area contributed by atoms with Gasteiger partial charge < -0.3 is 9.64 Å². The molecule has 4 nitrogen and oxygen atoms in total. The second-order valence-corrected chi connectivity index (χ2v) is 7.38. The number of nitrogens with zero attached hydrogens (tertiary/aromatic N) is 1. The highest BCUT2D eigenvalue weighted by Gasteiger charge is 2.35. The van der Waals surface area contributed by atoms with Gasteiger partial charge in [0, 0.05) is 13.0 Å². The Bertz CT molecular complexity index is 566. The van der Waals surface area contributed by atoms with Crippen molar-refractivity contribution in [1.29, 1.82) is 0 Å². The Morgan fingerprint density at radius 1 is 1.00 bits per heavy atom. The second kappa shape index (κ2) is 9.02. The summed E-state index contributed by atoms with van der Waals surface area (Å²) >= 11 is 0. The summed E-state index contributed by atoms with van der Waals surface area (Å²) in [5.41, 5.74) is 0.976. The van der Waals surface area contributed by atoms with Crippen LogP contribution in [0, 0.1) is 5.92 Å². The highest BCUT2D eigenvalue weighted by molar-refractivity contribution is 5.85. The summed E-state index contributed by atoms with van der Waals surface area (Å²) in [5, 5.41) is 0. The second-order valence-electron chi connectivity index (χ2n) is 7.38. The maximum atomic E-state index is 12.6. The van der Waals surface area contributed by atoms with Gasteiger partial charge in [-0.05, 0) is 30.7 Å². The van der Waals surface area contributed by atoms with E-state index in [0.717, 1.165) is 24.8 Å². The molecule has 1 aliphatic carbocycles. The van der Waals surface area contributed by atoms with E-state index in [9.17, 15) is 9.59 Å². The van der Waals surface area contributed by atoms with E-state index in [4.69, 9.17) is 4.74 Å². The third-order valence-electron chi connectivity index (χ3n) is 5.56. The van der Waals surface area contributed by atoms with Gasteiger partial charge in [0.05, 0.1) is 0 Å². The summed E-state index contributed by atoms with van der Waals surface area (Å²) in [6.45, 7) is 0.967. The molecule has 0 unspecified atom stereocenters. The number of benzene rings is 1. The van der Waals surface area contributed by atoms with Crippen molar-refractivity contribution in [3.63, 3.8) is 0 Å². The summed E-state index contributed by atoms with van der Waals surface area (Å²) in [4.78, 5) is 26.8. The lowest BCUT2D eigenvalue weighted by Gasteiger charge is -2.25. The van der Waals surface area contributed by atoms with Crippen LogP contribution >= 0.6 is 0 Å². The maximum absolute atomic E-state index is 12.6. The third kappa shape index (κ3) is 5.07. The third-order valence-corrected chi connectivity index (χ3v) is 5.56. The molecule has 1 aliphatic heterocycles. The van der Waals surface area contributed by atoms with Crippen LogP contribution in [0.4, 0.5) is 0 Å². The van der Waals surface area contributed by atoms with Gasteiger partial charge in [-0.1, -0.05) is 62.4 Å². The van der Waals surface area contributed by atoms with Crippen molar-refractivity contribution in [2.24, 2.45) is 5.92 Å². The zero-order valence-corrected chi connectivity index (χ0v) is 15.0. The molecule has 0 bridgehead atoms. The fourth-order valence-electron chi connectivity index (χ4n) is 4.08. The average molecular weight is 343 g/mol. The monoisotopic (exact) mass is 343 g/mol. The summed E-state index contributed by atoms with van der Waals surface area (Å²) < 4.78 is 5.45. The molecule has 4 heteroatoms. The summed E-state index contributed by atoms with van der Waals surface area (Å²) in [7, 11) is 0. The van der Waals surface area contributed by atoms with E-state index in [1.807, 2.05) is 30.3 Å². The number of likely N-dealkylation sites (tertiary alicyclic amines) is 1. The minimum absolute atomic E-state index is 0.129.